The van der Waals surface area contributed by atoms with Crippen molar-refractivity contribution >= 4 is 21.9 Å². The third kappa shape index (κ3) is 15.2. The van der Waals surface area contributed by atoms with Crippen molar-refractivity contribution in [1.82, 2.24) is 29.4 Å². The summed E-state index contributed by atoms with van der Waals surface area (Å²) in [5, 5.41) is 10.9. The van der Waals surface area contributed by atoms with Gasteiger partial charge >= 0.3 is 0 Å². The van der Waals surface area contributed by atoms with E-state index in [1.54, 1.807) is 25.8 Å². The number of hydrogen-bond donors (Lipinski definition) is 0. The van der Waals surface area contributed by atoms with Gasteiger partial charge in [-0.3, -0.25) is 4.79 Å². The molecule has 24 heavy (non-hydrogen) atoms. The molecule has 1 amide bonds. The number of aromatic nitrogens is 4. The highest BCUT2D eigenvalue weighted by Gasteiger charge is 2.01. The minimum Gasteiger partial charge on any atom is -0.349 e. The van der Waals surface area contributed by atoms with Crippen molar-refractivity contribution in [2.45, 2.75) is 21.8 Å². The normalized spacial score (nSPS) is 9.25. The number of nitrogens with zero attached hydrogens (tertiary/aromatic N) is 7. The van der Waals surface area contributed by atoms with Crippen LogP contribution >= 0.6 is 0 Å². The van der Waals surface area contributed by atoms with Gasteiger partial charge in [0.05, 0.1) is 6.26 Å². The Hall–Kier alpha value is -1.75. The summed E-state index contributed by atoms with van der Waals surface area (Å²) in [4.78, 5) is 13.4. The largest absolute Gasteiger partial charge is 0.349 e. The molecule has 0 unspecified atom stereocenters. The third-order valence-electron chi connectivity index (χ3n) is 2.29. The smallest absolute Gasteiger partial charge is 0.244 e. The average Bonchev–Trinajstić information content (AvgIpc) is 2.75. The van der Waals surface area contributed by atoms with Crippen molar-refractivity contribution < 1.29 is 13.2 Å². The highest BCUT2D eigenvalue weighted by atomic mass is 32.2. The monoisotopic (exact) mass is 369 g/mol. The number of aryl methyl sites for hydroxylation is 1. The molecule has 0 saturated carbocycles. The van der Waals surface area contributed by atoms with Gasteiger partial charge in [0.1, 0.15) is 0 Å². The van der Waals surface area contributed by atoms with Crippen LogP contribution in [0.5, 0.6) is 0 Å². The SMILES string of the molecule is C.C.CC(=O)N(C)C.CN(C)S(C)(=O)=O.CN(C)c1nnnn1C. The molecule has 0 saturated heterocycles. The first-order valence-corrected chi connectivity index (χ1v) is 8.10. The second-order valence-electron chi connectivity index (χ2n) is 4.96. The van der Waals surface area contributed by atoms with Crippen molar-refractivity contribution in [3.63, 3.8) is 0 Å². The molecule has 0 bridgehead atoms. The number of carbonyl (C=O) groups is 1. The third-order valence-corrected chi connectivity index (χ3v) is 3.62. The fraction of sp³-hybridized carbons (Fsp3) is 0.846. The molecule has 0 spiro atoms. The second kappa shape index (κ2) is 13.7. The molecule has 0 aromatic carbocycles. The van der Waals surface area contributed by atoms with Gasteiger partial charge in [-0.2, -0.15) is 0 Å². The molecule has 1 heterocycles. The first-order valence-electron chi connectivity index (χ1n) is 6.25. The molecular weight excluding hydrogens is 334 g/mol. The van der Waals surface area contributed by atoms with E-state index in [9.17, 15) is 13.2 Å². The van der Waals surface area contributed by atoms with Crippen molar-refractivity contribution in [2.24, 2.45) is 7.05 Å². The van der Waals surface area contributed by atoms with Crippen molar-refractivity contribution in [3.05, 3.63) is 0 Å². The van der Waals surface area contributed by atoms with Gasteiger partial charge in [-0.15, -0.1) is 0 Å². The van der Waals surface area contributed by atoms with E-state index in [4.69, 9.17) is 0 Å². The van der Waals surface area contributed by atoms with E-state index in [-0.39, 0.29) is 20.8 Å². The fourth-order valence-electron chi connectivity index (χ4n) is 0.604. The maximum Gasteiger partial charge on any atom is 0.244 e. The molecule has 11 heteroatoms. The Bertz CT molecular complexity index is 540. The summed E-state index contributed by atoms with van der Waals surface area (Å²) in [6.07, 6.45) is 1.16. The van der Waals surface area contributed by atoms with E-state index in [2.05, 4.69) is 15.5 Å². The van der Waals surface area contributed by atoms with E-state index < -0.39 is 10.0 Å². The van der Waals surface area contributed by atoms with E-state index >= 15 is 0 Å². The Morgan fingerprint density at radius 2 is 1.38 bits per heavy atom. The Balaban J connectivity index is -0.000000123. The van der Waals surface area contributed by atoms with Gasteiger partial charge in [0.15, 0.2) is 0 Å². The Kier molecular flexibility index (Phi) is 17.2. The van der Waals surface area contributed by atoms with Crippen LogP contribution in [-0.2, 0) is 21.9 Å². The zero-order chi connectivity index (χ0) is 18.1. The predicted octanol–water partition coefficient (Wildman–Crippen LogP) is 0.150. The molecule has 10 nitrogen and oxygen atoms in total. The Morgan fingerprint density at radius 3 is 1.46 bits per heavy atom. The number of anilines is 1. The molecule has 0 atom stereocenters. The predicted molar refractivity (Wildman–Crippen MR) is 99.5 cm³/mol. The molecule has 1 aromatic heterocycles. The summed E-state index contributed by atoms with van der Waals surface area (Å²) in [6.45, 7) is 1.53. The molecule has 0 aliphatic rings. The van der Waals surface area contributed by atoms with Crippen LogP contribution in [0.4, 0.5) is 5.95 Å². The van der Waals surface area contributed by atoms with Crippen LogP contribution in [0.1, 0.15) is 21.8 Å². The number of amides is 1. The van der Waals surface area contributed by atoms with Gasteiger partial charge in [0.2, 0.25) is 21.9 Å². The molecule has 1 rings (SSSR count). The van der Waals surface area contributed by atoms with Gasteiger partial charge in [0, 0.05) is 56.3 Å². The highest BCUT2D eigenvalue weighted by Crippen LogP contribution is 1.98. The van der Waals surface area contributed by atoms with Crippen LogP contribution < -0.4 is 4.90 Å². The molecule has 1 aromatic rings. The van der Waals surface area contributed by atoms with Gasteiger partial charge in [-0.1, -0.05) is 20.0 Å². The van der Waals surface area contributed by atoms with Crippen LogP contribution in [0.3, 0.4) is 0 Å². The number of tetrazole rings is 1. The average molecular weight is 370 g/mol. The maximum absolute atomic E-state index is 10.3. The summed E-state index contributed by atoms with van der Waals surface area (Å²) in [6, 6.07) is 0. The maximum atomic E-state index is 10.3. The number of sulfonamides is 1. The lowest BCUT2D eigenvalue weighted by Gasteiger charge is -2.06. The quantitative estimate of drug-likeness (QED) is 0.731. The van der Waals surface area contributed by atoms with E-state index in [0.29, 0.717) is 0 Å². The number of hydrogen-bond acceptors (Lipinski definition) is 7. The minimum atomic E-state index is -2.91. The lowest BCUT2D eigenvalue weighted by atomic mass is 10.7. The molecule has 0 radical (unpaired) electrons. The fourth-order valence-corrected chi connectivity index (χ4v) is 0.604. The number of rotatable bonds is 2. The van der Waals surface area contributed by atoms with E-state index in [0.717, 1.165) is 16.5 Å². The molecule has 146 valence electrons. The molecule has 0 aliphatic heterocycles. The van der Waals surface area contributed by atoms with Crippen LogP contribution in [0.25, 0.3) is 0 Å². The molecule has 0 fully saturated rings. The van der Waals surface area contributed by atoms with Crippen LogP contribution in [0.15, 0.2) is 0 Å². The summed E-state index contributed by atoms with van der Waals surface area (Å²) >= 11 is 0. The summed E-state index contributed by atoms with van der Waals surface area (Å²) in [5.74, 6) is 0.852. The van der Waals surface area contributed by atoms with Crippen molar-refractivity contribution in [1.29, 1.82) is 0 Å². The summed E-state index contributed by atoms with van der Waals surface area (Å²) in [7, 11) is 9.12. The first kappa shape index (κ1) is 30.2. The van der Waals surface area contributed by atoms with Gasteiger partial charge in [-0.05, 0) is 10.4 Å². The summed E-state index contributed by atoms with van der Waals surface area (Å²) < 4.78 is 23.3. The Labute approximate surface area is 147 Å². The minimum absolute atomic E-state index is 0. The topological polar surface area (TPSA) is 105 Å². The molecule has 0 N–H and O–H groups in total. The van der Waals surface area contributed by atoms with E-state index in [1.165, 1.54) is 25.9 Å². The van der Waals surface area contributed by atoms with Gasteiger partial charge in [0.25, 0.3) is 0 Å². The van der Waals surface area contributed by atoms with Crippen molar-refractivity contribution in [2.75, 3.05) is 53.4 Å². The summed E-state index contributed by atoms with van der Waals surface area (Å²) in [5.41, 5.74) is 0. The molecule has 0 aliphatic carbocycles. The second-order valence-corrected chi connectivity index (χ2v) is 7.15. The Morgan fingerprint density at radius 1 is 1.04 bits per heavy atom. The highest BCUT2D eigenvalue weighted by molar-refractivity contribution is 7.88. The van der Waals surface area contributed by atoms with Gasteiger partial charge in [-0.25, -0.2) is 17.4 Å². The molecular formula is C13H35N7O3S. The first-order chi connectivity index (χ1) is 9.80. The van der Waals surface area contributed by atoms with Gasteiger partial charge < -0.3 is 9.80 Å². The zero-order valence-corrected chi connectivity index (χ0v) is 15.6. The van der Waals surface area contributed by atoms with Crippen LogP contribution in [0, 0.1) is 0 Å². The van der Waals surface area contributed by atoms with Crippen LogP contribution in [-0.4, -0.2) is 92.3 Å². The lowest BCUT2D eigenvalue weighted by molar-refractivity contribution is -0.126. The van der Waals surface area contributed by atoms with Crippen LogP contribution in [0.2, 0.25) is 0 Å². The standard InChI is InChI=1S/C4H9N5.C4H9NO.C3H9NO2S.2CH4/c1-8(2)4-5-6-7-9(4)3;1-4(6)5(2)3;1-4(2)7(3,5)6;;/h1-3H3;1-3H3;1-3H3;2*1H4. The van der Waals surface area contributed by atoms with Crippen molar-refractivity contribution in [3.8, 4) is 0 Å². The number of carbonyl (C=O) groups excluding carboxylic acids is 1. The lowest BCUT2D eigenvalue weighted by Crippen LogP contribution is -2.19. The van der Waals surface area contributed by atoms with E-state index in [1.807, 2.05) is 19.0 Å². The zero-order valence-electron chi connectivity index (χ0n) is 14.8.